The molecule has 1 aromatic rings. The predicted octanol–water partition coefficient (Wildman–Crippen LogP) is 0.764. The quantitative estimate of drug-likeness (QED) is 0.283. The number of nitrogens with two attached hydrogens (primary N) is 1. The molecule has 0 aliphatic carbocycles. The summed E-state index contributed by atoms with van der Waals surface area (Å²) in [5, 5.41) is 19.0. The van der Waals surface area contributed by atoms with Crippen molar-refractivity contribution in [3.8, 4) is 0 Å². The van der Waals surface area contributed by atoms with Crippen LogP contribution in [-0.2, 0) is 18.4 Å². The summed E-state index contributed by atoms with van der Waals surface area (Å²) in [6.07, 6.45) is 4.13. The second kappa shape index (κ2) is 7.61. The number of nitrogens with one attached hydrogen (secondary N) is 1. The van der Waals surface area contributed by atoms with Crippen molar-refractivity contribution in [2.24, 2.45) is 23.4 Å². The van der Waals surface area contributed by atoms with Gasteiger partial charge in [0, 0.05) is 7.05 Å². The van der Waals surface area contributed by atoms with Crippen molar-refractivity contribution in [3.63, 3.8) is 0 Å². The average Bonchev–Trinajstić information content (AvgIpc) is 2.89. The summed E-state index contributed by atoms with van der Waals surface area (Å²) >= 11 is 0. The molecule has 0 unspecified atom stereocenters. The summed E-state index contributed by atoms with van der Waals surface area (Å²) in [6.45, 7) is 4.14. The van der Waals surface area contributed by atoms with E-state index in [0.29, 0.717) is 18.7 Å². The van der Waals surface area contributed by atoms with Crippen molar-refractivity contribution in [1.29, 1.82) is 0 Å². The van der Waals surface area contributed by atoms with E-state index in [1.807, 2.05) is 13.8 Å². The number of carbonyl (C=O) groups excluding carboxylic acids is 1. The minimum Gasteiger partial charge on any atom is -0.409 e. The van der Waals surface area contributed by atoms with Gasteiger partial charge in [-0.25, -0.2) is 4.98 Å². The van der Waals surface area contributed by atoms with Gasteiger partial charge in [0.15, 0.2) is 11.7 Å². The maximum absolute atomic E-state index is 12.6. The Kier molecular flexibility index (Phi) is 6.13. The van der Waals surface area contributed by atoms with Gasteiger partial charge < -0.3 is 16.3 Å². The second-order valence-electron chi connectivity index (χ2n) is 5.08. The highest BCUT2D eigenvalue weighted by molar-refractivity contribution is 6.06. The number of aryl methyl sites for hydroxylation is 1. The normalized spacial score (nSPS) is 12.4. The molecule has 0 atom stereocenters. The van der Waals surface area contributed by atoms with Crippen molar-refractivity contribution in [1.82, 2.24) is 20.1 Å². The lowest BCUT2D eigenvalue weighted by atomic mass is 9.77. The maximum Gasteiger partial charge on any atom is 0.234 e. The SMILES string of the molecule is CCCC(CCC)(C(=O)NCc1ncn(C)n1)C(N)=NO. The van der Waals surface area contributed by atoms with Crippen LogP contribution in [0.2, 0.25) is 0 Å². The fourth-order valence-electron chi connectivity index (χ4n) is 2.47. The van der Waals surface area contributed by atoms with Gasteiger partial charge in [0.25, 0.3) is 0 Å². The number of amides is 1. The zero-order valence-corrected chi connectivity index (χ0v) is 12.8. The summed E-state index contributed by atoms with van der Waals surface area (Å²) in [7, 11) is 1.76. The van der Waals surface area contributed by atoms with Crippen LogP contribution in [0.3, 0.4) is 0 Å². The fraction of sp³-hybridized carbons (Fsp3) is 0.692. The number of carbonyl (C=O) groups is 1. The van der Waals surface area contributed by atoms with Gasteiger partial charge in [0.05, 0.1) is 6.54 Å². The molecule has 0 aliphatic heterocycles. The van der Waals surface area contributed by atoms with E-state index in [1.165, 1.54) is 0 Å². The molecule has 0 saturated carbocycles. The number of hydrogen-bond donors (Lipinski definition) is 3. The van der Waals surface area contributed by atoms with Gasteiger partial charge in [-0.15, -0.1) is 0 Å². The molecule has 8 nitrogen and oxygen atoms in total. The Labute approximate surface area is 124 Å². The summed E-state index contributed by atoms with van der Waals surface area (Å²) in [5.41, 5.74) is 4.82. The summed E-state index contributed by atoms with van der Waals surface area (Å²) in [4.78, 5) is 16.6. The number of amidine groups is 1. The Bertz CT molecular complexity index is 491. The van der Waals surface area contributed by atoms with Crippen LogP contribution in [0, 0.1) is 5.41 Å². The van der Waals surface area contributed by atoms with Crippen molar-refractivity contribution < 1.29 is 10.0 Å². The molecule has 1 amide bonds. The average molecular weight is 296 g/mol. The van der Waals surface area contributed by atoms with Crippen LogP contribution in [0.1, 0.15) is 45.4 Å². The van der Waals surface area contributed by atoms with Gasteiger partial charge in [-0.05, 0) is 12.8 Å². The third kappa shape index (κ3) is 3.93. The van der Waals surface area contributed by atoms with Crippen molar-refractivity contribution in [2.75, 3.05) is 0 Å². The molecule has 0 aliphatic rings. The van der Waals surface area contributed by atoms with Crippen LogP contribution in [0.25, 0.3) is 0 Å². The third-order valence-corrected chi connectivity index (χ3v) is 3.44. The van der Waals surface area contributed by atoms with E-state index in [-0.39, 0.29) is 18.3 Å². The Morgan fingerprint density at radius 1 is 1.48 bits per heavy atom. The molecule has 8 heteroatoms. The number of nitrogens with zero attached hydrogens (tertiary/aromatic N) is 4. The first-order chi connectivity index (χ1) is 10.00. The standard InChI is InChI=1S/C13H24N6O2/c1-4-6-13(7-5-2,11(14)18-21)12(20)15-8-10-16-9-19(3)17-10/h9,21H,4-8H2,1-3H3,(H2,14,18)(H,15,20). The molecule has 0 radical (unpaired) electrons. The lowest BCUT2D eigenvalue weighted by Crippen LogP contribution is -2.49. The molecule has 21 heavy (non-hydrogen) atoms. The highest BCUT2D eigenvalue weighted by Crippen LogP contribution is 2.30. The van der Waals surface area contributed by atoms with E-state index >= 15 is 0 Å². The van der Waals surface area contributed by atoms with Crippen LogP contribution in [0.15, 0.2) is 11.5 Å². The van der Waals surface area contributed by atoms with E-state index in [9.17, 15) is 4.79 Å². The first-order valence-electron chi connectivity index (χ1n) is 7.11. The Hall–Kier alpha value is -2.12. The molecule has 0 fully saturated rings. The zero-order valence-electron chi connectivity index (χ0n) is 12.8. The molecular weight excluding hydrogens is 272 g/mol. The smallest absolute Gasteiger partial charge is 0.234 e. The fourth-order valence-corrected chi connectivity index (χ4v) is 2.47. The van der Waals surface area contributed by atoms with Gasteiger partial charge in [0.2, 0.25) is 5.91 Å². The topological polar surface area (TPSA) is 118 Å². The minimum absolute atomic E-state index is 0.0438. The van der Waals surface area contributed by atoms with Gasteiger partial charge in [-0.2, -0.15) is 5.10 Å². The second-order valence-corrected chi connectivity index (χ2v) is 5.08. The van der Waals surface area contributed by atoms with Gasteiger partial charge in [-0.1, -0.05) is 31.8 Å². The summed E-state index contributed by atoms with van der Waals surface area (Å²) < 4.78 is 1.57. The largest absolute Gasteiger partial charge is 0.409 e. The minimum atomic E-state index is -0.979. The molecule has 4 N–H and O–H groups in total. The molecule has 0 bridgehead atoms. The van der Waals surface area contributed by atoms with E-state index in [0.717, 1.165) is 12.8 Å². The lowest BCUT2D eigenvalue weighted by molar-refractivity contribution is -0.128. The molecule has 0 spiro atoms. The Morgan fingerprint density at radius 3 is 2.52 bits per heavy atom. The monoisotopic (exact) mass is 296 g/mol. The molecule has 1 aromatic heterocycles. The molecule has 0 aromatic carbocycles. The predicted molar refractivity (Wildman–Crippen MR) is 78.5 cm³/mol. The van der Waals surface area contributed by atoms with Gasteiger partial charge in [0.1, 0.15) is 11.7 Å². The highest BCUT2D eigenvalue weighted by atomic mass is 16.4. The van der Waals surface area contributed by atoms with E-state index in [1.54, 1.807) is 18.1 Å². The first-order valence-corrected chi connectivity index (χ1v) is 7.11. The lowest BCUT2D eigenvalue weighted by Gasteiger charge is -2.30. The molecule has 118 valence electrons. The van der Waals surface area contributed by atoms with Gasteiger partial charge >= 0.3 is 0 Å². The Morgan fingerprint density at radius 2 is 2.10 bits per heavy atom. The number of rotatable bonds is 8. The summed E-state index contributed by atoms with van der Waals surface area (Å²) in [5.74, 6) is 0.221. The molecule has 1 heterocycles. The first kappa shape index (κ1) is 16.9. The number of hydrogen-bond acceptors (Lipinski definition) is 5. The van der Waals surface area contributed by atoms with E-state index in [4.69, 9.17) is 10.9 Å². The van der Waals surface area contributed by atoms with Crippen LogP contribution in [-0.4, -0.2) is 31.7 Å². The molecule has 0 saturated heterocycles. The molecule has 1 rings (SSSR count). The molecular formula is C13H24N6O2. The van der Waals surface area contributed by atoms with Crippen molar-refractivity contribution >= 4 is 11.7 Å². The highest BCUT2D eigenvalue weighted by Gasteiger charge is 2.41. The van der Waals surface area contributed by atoms with Crippen LogP contribution >= 0.6 is 0 Å². The van der Waals surface area contributed by atoms with Crippen molar-refractivity contribution in [2.45, 2.75) is 46.1 Å². The van der Waals surface area contributed by atoms with Crippen LogP contribution < -0.4 is 11.1 Å². The van der Waals surface area contributed by atoms with Crippen LogP contribution in [0.5, 0.6) is 0 Å². The van der Waals surface area contributed by atoms with E-state index < -0.39 is 5.41 Å². The van der Waals surface area contributed by atoms with Gasteiger partial charge in [-0.3, -0.25) is 9.48 Å². The Balaban J connectivity index is 2.88. The number of oxime groups is 1. The maximum atomic E-state index is 12.6. The zero-order chi connectivity index (χ0) is 15.9. The third-order valence-electron chi connectivity index (χ3n) is 3.44. The van der Waals surface area contributed by atoms with Crippen molar-refractivity contribution in [3.05, 3.63) is 12.2 Å². The summed E-state index contributed by atoms with van der Waals surface area (Å²) in [6, 6.07) is 0. The number of aromatic nitrogens is 3. The van der Waals surface area contributed by atoms with E-state index in [2.05, 4.69) is 20.6 Å². The van der Waals surface area contributed by atoms with Crippen LogP contribution in [0.4, 0.5) is 0 Å².